The summed E-state index contributed by atoms with van der Waals surface area (Å²) in [5.74, 6) is -1.49. The quantitative estimate of drug-likeness (QED) is 0.657. The lowest BCUT2D eigenvalue weighted by molar-refractivity contribution is -0.143. The Balaban J connectivity index is 2.50. The molecule has 1 N–H and O–H groups in total. The molecule has 0 aliphatic carbocycles. The van der Waals surface area contributed by atoms with Gasteiger partial charge in [-0.15, -0.1) is 0 Å². The first-order chi connectivity index (χ1) is 5.20. The molecule has 0 bridgehead atoms. The van der Waals surface area contributed by atoms with Gasteiger partial charge in [0, 0.05) is 0 Å². The highest BCUT2D eigenvalue weighted by Gasteiger charge is 2.15. The number of alkyl halides is 1. The highest BCUT2D eigenvalue weighted by atomic mass is 19.1. The molecule has 1 heterocycles. The Labute approximate surface area is 61.5 Å². The van der Waals surface area contributed by atoms with E-state index in [2.05, 4.69) is 10.1 Å². The van der Waals surface area contributed by atoms with Crippen LogP contribution in [0.4, 0.5) is 4.39 Å². The fraction of sp³-hybridized carbons (Fsp3) is 0.400. The van der Waals surface area contributed by atoms with Crippen LogP contribution < -0.4 is 0 Å². The molecular formula is C5H6FN3O2. The number of aliphatic carboxylic acids is 1. The summed E-state index contributed by atoms with van der Waals surface area (Å²) in [6, 6.07) is 0. The zero-order chi connectivity index (χ0) is 8.27. The van der Waals surface area contributed by atoms with E-state index in [4.69, 9.17) is 5.11 Å². The molecule has 0 fully saturated rings. The SMILES string of the molecule is O=C(O)C(F)Cn1cncn1. The molecule has 0 radical (unpaired) electrons. The maximum Gasteiger partial charge on any atom is 0.340 e. The number of carboxylic acids is 1. The number of carboxylic acid groups (broad SMARTS) is 1. The first kappa shape index (κ1) is 7.64. The van der Waals surface area contributed by atoms with E-state index in [1.807, 2.05) is 0 Å². The van der Waals surface area contributed by atoms with Crippen LogP contribution in [0.1, 0.15) is 0 Å². The molecule has 0 aromatic carbocycles. The van der Waals surface area contributed by atoms with Gasteiger partial charge < -0.3 is 5.11 Å². The minimum absolute atomic E-state index is 0.296. The third-order valence-corrected chi connectivity index (χ3v) is 1.08. The Morgan fingerprint density at radius 3 is 3.00 bits per heavy atom. The summed E-state index contributed by atoms with van der Waals surface area (Å²) in [5, 5.41) is 11.7. The van der Waals surface area contributed by atoms with E-state index in [9.17, 15) is 9.18 Å². The van der Waals surface area contributed by atoms with Crippen molar-refractivity contribution < 1.29 is 14.3 Å². The lowest BCUT2D eigenvalue weighted by atomic mass is 10.4. The van der Waals surface area contributed by atoms with Crippen molar-refractivity contribution in [3.05, 3.63) is 12.7 Å². The number of nitrogens with zero attached hydrogens (tertiary/aromatic N) is 3. The van der Waals surface area contributed by atoms with E-state index >= 15 is 0 Å². The average Bonchev–Trinajstić information content (AvgIpc) is 2.39. The summed E-state index contributed by atoms with van der Waals surface area (Å²) in [4.78, 5) is 13.5. The lowest BCUT2D eigenvalue weighted by Crippen LogP contribution is -2.21. The van der Waals surface area contributed by atoms with Gasteiger partial charge in [0.15, 0.2) is 0 Å². The molecule has 5 nitrogen and oxygen atoms in total. The minimum Gasteiger partial charge on any atom is -0.479 e. The predicted molar refractivity (Wildman–Crippen MR) is 32.6 cm³/mol. The molecule has 1 unspecified atom stereocenters. The zero-order valence-corrected chi connectivity index (χ0v) is 5.51. The van der Waals surface area contributed by atoms with Crippen LogP contribution >= 0.6 is 0 Å². The van der Waals surface area contributed by atoms with E-state index < -0.39 is 12.1 Å². The fourth-order valence-corrected chi connectivity index (χ4v) is 0.569. The Morgan fingerprint density at radius 2 is 2.55 bits per heavy atom. The van der Waals surface area contributed by atoms with Gasteiger partial charge in [-0.1, -0.05) is 0 Å². The molecular weight excluding hydrogens is 153 g/mol. The van der Waals surface area contributed by atoms with E-state index in [0.717, 1.165) is 4.68 Å². The van der Waals surface area contributed by atoms with Gasteiger partial charge in [-0.25, -0.2) is 18.9 Å². The van der Waals surface area contributed by atoms with Crippen LogP contribution in [0.5, 0.6) is 0 Å². The van der Waals surface area contributed by atoms with Gasteiger partial charge in [-0.3, -0.25) is 0 Å². The second kappa shape index (κ2) is 3.09. The number of carbonyl (C=O) groups is 1. The summed E-state index contributed by atoms with van der Waals surface area (Å²) in [6.45, 7) is -0.296. The monoisotopic (exact) mass is 159 g/mol. The standard InChI is InChI=1S/C5H6FN3O2/c6-4(5(10)11)1-9-3-7-2-8-9/h2-4H,1H2,(H,10,11). The topological polar surface area (TPSA) is 68.0 Å². The Hall–Kier alpha value is -1.46. The number of rotatable bonds is 3. The van der Waals surface area contributed by atoms with E-state index in [-0.39, 0.29) is 6.54 Å². The maximum atomic E-state index is 12.4. The van der Waals surface area contributed by atoms with Crippen LogP contribution in [0.15, 0.2) is 12.7 Å². The van der Waals surface area contributed by atoms with Gasteiger partial charge in [-0.05, 0) is 0 Å². The molecule has 0 aliphatic rings. The van der Waals surface area contributed by atoms with Crippen molar-refractivity contribution in [3.8, 4) is 0 Å². The van der Waals surface area contributed by atoms with Gasteiger partial charge in [0.1, 0.15) is 12.7 Å². The van der Waals surface area contributed by atoms with Crippen molar-refractivity contribution in [2.45, 2.75) is 12.7 Å². The van der Waals surface area contributed by atoms with Crippen LogP contribution in [0.25, 0.3) is 0 Å². The molecule has 0 amide bonds. The van der Waals surface area contributed by atoms with Crippen LogP contribution in [0, 0.1) is 0 Å². The lowest BCUT2D eigenvalue weighted by Gasteiger charge is -2.00. The molecule has 0 aliphatic heterocycles. The van der Waals surface area contributed by atoms with Gasteiger partial charge in [0.2, 0.25) is 6.17 Å². The molecule has 1 aromatic rings. The highest BCUT2D eigenvalue weighted by Crippen LogP contribution is 1.94. The van der Waals surface area contributed by atoms with Gasteiger partial charge >= 0.3 is 5.97 Å². The molecule has 0 saturated carbocycles. The Morgan fingerprint density at radius 1 is 1.82 bits per heavy atom. The van der Waals surface area contributed by atoms with Gasteiger partial charge in [0.05, 0.1) is 6.54 Å². The van der Waals surface area contributed by atoms with E-state index in [1.54, 1.807) is 0 Å². The second-order valence-electron chi connectivity index (χ2n) is 1.92. The Bertz CT molecular complexity index is 236. The van der Waals surface area contributed by atoms with Crippen LogP contribution in [0.3, 0.4) is 0 Å². The molecule has 0 saturated heterocycles. The molecule has 1 rings (SSSR count). The summed E-state index contributed by atoms with van der Waals surface area (Å²) in [5.41, 5.74) is 0. The van der Waals surface area contributed by atoms with E-state index in [1.165, 1.54) is 12.7 Å². The molecule has 60 valence electrons. The first-order valence-electron chi connectivity index (χ1n) is 2.89. The largest absolute Gasteiger partial charge is 0.479 e. The third-order valence-electron chi connectivity index (χ3n) is 1.08. The fourth-order valence-electron chi connectivity index (χ4n) is 0.569. The van der Waals surface area contributed by atoms with Crippen molar-refractivity contribution in [2.24, 2.45) is 0 Å². The first-order valence-corrected chi connectivity index (χ1v) is 2.89. The number of hydrogen-bond acceptors (Lipinski definition) is 3. The van der Waals surface area contributed by atoms with Crippen molar-refractivity contribution in [1.82, 2.24) is 14.8 Å². The minimum atomic E-state index is -1.92. The van der Waals surface area contributed by atoms with Crippen LogP contribution in [-0.2, 0) is 11.3 Å². The maximum absolute atomic E-state index is 12.4. The molecule has 1 aromatic heterocycles. The smallest absolute Gasteiger partial charge is 0.340 e. The van der Waals surface area contributed by atoms with Gasteiger partial charge in [-0.2, -0.15) is 5.10 Å². The number of halogens is 1. The molecule has 0 spiro atoms. The third kappa shape index (κ3) is 1.99. The van der Waals surface area contributed by atoms with Crippen molar-refractivity contribution in [3.63, 3.8) is 0 Å². The Kier molecular flexibility index (Phi) is 2.15. The molecule has 6 heteroatoms. The summed E-state index contributed by atoms with van der Waals surface area (Å²) >= 11 is 0. The van der Waals surface area contributed by atoms with E-state index in [0.29, 0.717) is 0 Å². The normalized spacial score (nSPS) is 12.8. The van der Waals surface area contributed by atoms with Gasteiger partial charge in [0.25, 0.3) is 0 Å². The second-order valence-corrected chi connectivity index (χ2v) is 1.92. The number of aromatic nitrogens is 3. The highest BCUT2D eigenvalue weighted by molar-refractivity contribution is 5.71. The van der Waals surface area contributed by atoms with Crippen molar-refractivity contribution in [1.29, 1.82) is 0 Å². The molecule has 11 heavy (non-hydrogen) atoms. The predicted octanol–water partition coefficient (Wildman–Crippen LogP) is -0.299. The zero-order valence-electron chi connectivity index (χ0n) is 5.51. The summed E-state index contributed by atoms with van der Waals surface area (Å²) < 4.78 is 13.5. The summed E-state index contributed by atoms with van der Waals surface area (Å²) in [7, 11) is 0. The van der Waals surface area contributed by atoms with Crippen LogP contribution in [-0.4, -0.2) is 32.0 Å². The van der Waals surface area contributed by atoms with Crippen molar-refractivity contribution >= 4 is 5.97 Å². The van der Waals surface area contributed by atoms with Crippen molar-refractivity contribution in [2.75, 3.05) is 0 Å². The average molecular weight is 159 g/mol. The summed E-state index contributed by atoms with van der Waals surface area (Å²) in [6.07, 6.45) is 0.557. The molecule has 1 atom stereocenters. The van der Waals surface area contributed by atoms with Crippen LogP contribution in [0.2, 0.25) is 0 Å². The number of hydrogen-bond donors (Lipinski definition) is 1.